The molecule has 2 unspecified atom stereocenters. The fraction of sp³-hybridized carbons (Fsp3) is 0.318. The molecule has 0 radical (unpaired) electrons. The molecular weight excluding hydrogens is 402 g/mol. The molecule has 1 fully saturated rings. The van der Waals surface area contributed by atoms with Crippen LogP contribution in [0.25, 0.3) is 11.1 Å². The Kier molecular flexibility index (Phi) is 4.72. The third-order valence-corrected chi connectivity index (χ3v) is 6.25. The van der Waals surface area contributed by atoms with Crippen LogP contribution in [0.5, 0.6) is 5.75 Å². The fourth-order valence-corrected chi connectivity index (χ4v) is 4.45. The number of hydrogen-bond donors (Lipinski definition) is 0. The summed E-state index contributed by atoms with van der Waals surface area (Å²) < 4.78 is 8.17. The largest absolute Gasteiger partial charge is 0.486 e. The van der Waals surface area contributed by atoms with Crippen LogP contribution >= 0.6 is 11.6 Å². The number of hydrogen-bond acceptors (Lipinski definition) is 5. The maximum Gasteiger partial charge on any atom is 0.257 e. The lowest BCUT2D eigenvalue weighted by atomic mass is 10.1. The van der Waals surface area contributed by atoms with E-state index in [9.17, 15) is 4.79 Å². The Morgan fingerprint density at radius 2 is 2.03 bits per heavy atom. The van der Waals surface area contributed by atoms with Crippen LogP contribution in [-0.2, 0) is 13.6 Å². The average molecular weight is 424 g/mol. The van der Waals surface area contributed by atoms with Gasteiger partial charge in [-0.25, -0.2) is 0 Å². The first-order chi connectivity index (χ1) is 14.5. The fourth-order valence-electron chi connectivity index (χ4n) is 4.27. The van der Waals surface area contributed by atoms with Crippen molar-refractivity contribution in [2.75, 3.05) is 20.1 Å². The van der Waals surface area contributed by atoms with Gasteiger partial charge in [-0.05, 0) is 29.3 Å². The second-order valence-electron chi connectivity index (χ2n) is 7.91. The van der Waals surface area contributed by atoms with Crippen LogP contribution < -0.4 is 4.74 Å². The third-order valence-electron chi connectivity index (χ3n) is 5.91. The van der Waals surface area contributed by atoms with E-state index in [-0.39, 0.29) is 18.1 Å². The summed E-state index contributed by atoms with van der Waals surface area (Å²) in [6.07, 6.45) is 7.06. The maximum atomic E-state index is 13.1. The first kappa shape index (κ1) is 19.1. The number of amides is 1. The monoisotopic (exact) mass is 423 g/mol. The number of benzene rings is 1. The van der Waals surface area contributed by atoms with Crippen LogP contribution in [-0.4, -0.2) is 62.8 Å². The molecule has 2 aliphatic rings. The standard InChI is InChI=1S/C22H22ClN5O2/c1-26-10-16(8-25-26)14-3-4-17-20(7-14)30-21-13-28(12-19(21)27(2)22(17)29)11-15-5-6-24-9-18(15)23/h3-10,19,21H,11-13H2,1-2H3. The number of halogens is 1. The lowest BCUT2D eigenvalue weighted by Crippen LogP contribution is -2.44. The topological polar surface area (TPSA) is 63.5 Å². The number of likely N-dealkylation sites (N-methyl/N-ethyl adjacent to an activating group) is 1. The van der Waals surface area contributed by atoms with Crippen LogP contribution in [0, 0.1) is 0 Å². The van der Waals surface area contributed by atoms with Gasteiger partial charge in [-0.3, -0.25) is 19.4 Å². The van der Waals surface area contributed by atoms with E-state index in [1.54, 1.807) is 17.1 Å². The molecule has 2 aliphatic heterocycles. The van der Waals surface area contributed by atoms with E-state index < -0.39 is 0 Å². The van der Waals surface area contributed by atoms with Crippen molar-refractivity contribution in [2.45, 2.75) is 18.7 Å². The van der Waals surface area contributed by atoms with Crippen LogP contribution in [0.1, 0.15) is 15.9 Å². The van der Waals surface area contributed by atoms with Crippen molar-refractivity contribution in [1.82, 2.24) is 24.6 Å². The first-order valence-corrected chi connectivity index (χ1v) is 10.2. The third kappa shape index (κ3) is 3.34. The van der Waals surface area contributed by atoms with Gasteiger partial charge in [0, 0.05) is 57.9 Å². The zero-order chi connectivity index (χ0) is 20.8. The van der Waals surface area contributed by atoms with Crippen LogP contribution in [0.3, 0.4) is 0 Å². The molecule has 0 bridgehead atoms. The van der Waals surface area contributed by atoms with Crippen molar-refractivity contribution >= 4 is 17.5 Å². The van der Waals surface area contributed by atoms with E-state index in [1.165, 1.54) is 0 Å². The molecule has 154 valence electrons. The molecule has 4 heterocycles. The highest BCUT2D eigenvalue weighted by Gasteiger charge is 2.42. The maximum absolute atomic E-state index is 13.1. The van der Waals surface area contributed by atoms with Gasteiger partial charge in [-0.1, -0.05) is 17.7 Å². The molecular formula is C22H22ClN5O2. The molecule has 8 heteroatoms. The Bertz CT molecular complexity index is 1110. The second kappa shape index (κ2) is 7.41. The molecule has 1 aromatic carbocycles. The van der Waals surface area contributed by atoms with Crippen molar-refractivity contribution < 1.29 is 9.53 Å². The highest BCUT2D eigenvalue weighted by molar-refractivity contribution is 6.31. The number of nitrogens with zero attached hydrogens (tertiary/aromatic N) is 5. The van der Waals surface area contributed by atoms with E-state index in [0.29, 0.717) is 22.9 Å². The van der Waals surface area contributed by atoms with Crippen molar-refractivity contribution in [2.24, 2.45) is 7.05 Å². The summed E-state index contributed by atoms with van der Waals surface area (Å²) in [5.74, 6) is 0.614. The predicted octanol–water partition coefficient (Wildman–Crippen LogP) is 2.85. The van der Waals surface area contributed by atoms with Gasteiger partial charge in [-0.15, -0.1) is 0 Å². The van der Waals surface area contributed by atoms with Gasteiger partial charge in [0.1, 0.15) is 11.9 Å². The molecule has 7 nitrogen and oxygen atoms in total. The van der Waals surface area contributed by atoms with E-state index in [4.69, 9.17) is 16.3 Å². The van der Waals surface area contributed by atoms with E-state index in [2.05, 4.69) is 15.0 Å². The predicted molar refractivity (Wildman–Crippen MR) is 113 cm³/mol. The van der Waals surface area contributed by atoms with E-state index in [1.807, 2.05) is 55.7 Å². The number of likely N-dealkylation sites (tertiary alicyclic amines) is 1. The smallest absolute Gasteiger partial charge is 0.257 e. The number of pyridine rings is 1. The zero-order valence-corrected chi connectivity index (χ0v) is 17.6. The van der Waals surface area contributed by atoms with Crippen molar-refractivity contribution in [3.05, 3.63) is 65.2 Å². The molecule has 30 heavy (non-hydrogen) atoms. The summed E-state index contributed by atoms with van der Waals surface area (Å²) in [6.45, 7) is 2.15. The number of carbonyl (C=O) groups excluding carboxylic acids is 1. The minimum atomic E-state index is -0.107. The van der Waals surface area contributed by atoms with E-state index in [0.717, 1.165) is 29.8 Å². The lowest BCUT2D eigenvalue weighted by Gasteiger charge is -2.25. The van der Waals surface area contributed by atoms with Gasteiger partial charge in [0.05, 0.1) is 22.8 Å². The van der Waals surface area contributed by atoms with Crippen molar-refractivity contribution in [3.8, 4) is 16.9 Å². The molecule has 1 saturated heterocycles. The molecule has 5 rings (SSSR count). The lowest BCUT2D eigenvalue weighted by molar-refractivity contribution is 0.0682. The number of ether oxygens (including phenoxy) is 1. The van der Waals surface area contributed by atoms with Gasteiger partial charge >= 0.3 is 0 Å². The Balaban J connectivity index is 1.42. The number of fused-ring (bicyclic) bond motifs is 2. The minimum Gasteiger partial charge on any atom is -0.486 e. The SMILES string of the molecule is CN1C(=O)c2ccc(-c3cnn(C)c3)cc2OC2CN(Cc3ccncc3Cl)CC21. The highest BCUT2D eigenvalue weighted by Crippen LogP contribution is 2.34. The summed E-state index contributed by atoms with van der Waals surface area (Å²) in [5.41, 5.74) is 3.60. The Labute approximate surface area is 179 Å². The molecule has 3 aromatic rings. The van der Waals surface area contributed by atoms with Crippen LogP contribution in [0.15, 0.2) is 49.1 Å². The summed E-state index contributed by atoms with van der Waals surface area (Å²) in [7, 11) is 3.74. The van der Waals surface area contributed by atoms with Gasteiger partial charge in [-0.2, -0.15) is 5.10 Å². The van der Waals surface area contributed by atoms with Gasteiger partial charge in [0.2, 0.25) is 0 Å². The van der Waals surface area contributed by atoms with E-state index >= 15 is 0 Å². The molecule has 1 amide bonds. The summed E-state index contributed by atoms with van der Waals surface area (Å²) in [6, 6.07) is 7.66. The number of aryl methyl sites for hydroxylation is 1. The number of carbonyl (C=O) groups is 1. The zero-order valence-electron chi connectivity index (χ0n) is 16.8. The van der Waals surface area contributed by atoms with Crippen LogP contribution in [0.4, 0.5) is 0 Å². The summed E-state index contributed by atoms with van der Waals surface area (Å²) in [5, 5.41) is 4.89. The number of rotatable bonds is 3. The average Bonchev–Trinajstić information content (AvgIpc) is 3.32. The first-order valence-electron chi connectivity index (χ1n) is 9.87. The second-order valence-corrected chi connectivity index (χ2v) is 8.32. The molecule has 2 atom stereocenters. The molecule has 0 aliphatic carbocycles. The molecule has 0 saturated carbocycles. The Morgan fingerprint density at radius 3 is 2.80 bits per heavy atom. The Hall–Kier alpha value is -2.90. The molecule has 0 N–H and O–H groups in total. The summed E-state index contributed by atoms with van der Waals surface area (Å²) in [4.78, 5) is 21.3. The van der Waals surface area contributed by atoms with Gasteiger partial charge in [0.15, 0.2) is 0 Å². The quantitative estimate of drug-likeness (QED) is 0.648. The highest BCUT2D eigenvalue weighted by atomic mass is 35.5. The number of aromatic nitrogens is 3. The van der Waals surface area contributed by atoms with Gasteiger partial charge < -0.3 is 9.64 Å². The Morgan fingerprint density at radius 1 is 1.17 bits per heavy atom. The van der Waals surface area contributed by atoms with Gasteiger partial charge in [0.25, 0.3) is 5.91 Å². The molecule has 0 spiro atoms. The summed E-state index contributed by atoms with van der Waals surface area (Å²) >= 11 is 6.29. The molecule has 2 aromatic heterocycles. The minimum absolute atomic E-state index is 0.0148. The van der Waals surface area contributed by atoms with Crippen LogP contribution in [0.2, 0.25) is 5.02 Å². The van der Waals surface area contributed by atoms with Crippen molar-refractivity contribution in [1.29, 1.82) is 0 Å². The van der Waals surface area contributed by atoms with Crippen molar-refractivity contribution in [3.63, 3.8) is 0 Å². The normalized spacial score (nSPS) is 21.2.